The van der Waals surface area contributed by atoms with Gasteiger partial charge in [0.1, 0.15) is 9.84 Å². The Bertz CT molecular complexity index is 608. The Morgan fingerprint density at radius 3 is 1.85 bits per heavy atom. The number of carbonyl (C=O) groups is 1. The van der Waals surface area contributed by atoms with E-state index < -0.39 is 9.84 Å². The first-order valence-electron chi connectivity index (χ1n) is 10.7. The van der Waals surface area contributed by atoms with Crippen LogP contribution >= 0.6 is 0 Å². The van der Waals surface area contributed by atoms with Crippen LogP contribution in [0.25, 0.3) is 0 Å². The number of sulfone groups is 1. The molecule has 3 nitrogen and oxygen atoms in total. The smallest absolute Gasteiger partial charge is 0.162 e. The van der Waals surface area contributed by atoms with E-state index in [4.69, 9.17) is 0 Å². The minimum atomic E-state index is -3.11. The van der Waals surface area contributed by atoms with E-state index in [1.54, 1.807) is 12.1 Å². The molecular formula is C23H38O3S. The maximum atomic E-state index is 12.2. The highest BCUT2D eigenvalue weighted by Gasteiger charge is 2.21. The van der Waals surface area contributed by atoms with Gasteiger partial charge in [-0.2, -0.15) is 0 Å². The van der Waals surface area contributed by atoms with Gasteiger partial charge in [-0.05, 0) is 12.8 Å². The number of rotatable bonds is 16. The number of ketones is 1. The van der Waals surface area contributed by atoms with Gasteiger partial charge in [0.2, 0.25) is 0 Å². The first-order chi connectivity index (χ1) is 12.9. The second kappa shape index (κ2) is 13.9. The average Bonchev–Trinajstić information content (AvgIpc) is 2.65. The molecule has 0 aliphatic rings. The molecule has 0 bridgehead atoms. The number of unbranched alkanes of at least 4 members (excludes halogenated alkanes) is 9. The second-order valence-corrected chi connectivity index (χ2v) is 10.1. The monoisotopic (exact) mass is 394 g/mol. The van der Waals surface area contributed by atoms with Crippen LogP contribution in [0.1, 0.15) is 101 Å². The molecule has 0 aliphatic heterocycles. The van der Waals surface area contributed by atoms with Crippen LogP contribution in [-0.2, 0) is 9.84 Å². The Labute approximate surface area is 166 Å². The normalized spacial score (nSPS) is 12.8. The molecule has 1 atom stereocenters. The molecule has 0 aliphatic carbocycles. The van der Waals surface area contributed by atoms with Crippen molar-refractivity contribution in [3.05, 3.63) is 35.9 Å². The third-order valence-electron chi connectivity index (χ3n) is 5.27. The summed E-state index contributed by atoms with van der Waals surface area (Å²) < 4.78 is 24.1. The minimum absolute atomic E-state index is 0.0346. The lowest BCUT2D eigenvalue weighted by molar-refractivity contribution is 0.0979. The summed E-state index contributed by atoms with van der Waals surface area (Å²) in [7, 11) is -3.11. The summed E-state index contributed by atoms with van der Waals surface area (Å²) in [6.45, 7) is 2.24. The summed E-state index contributed by atoms with van der Waals surface area (Å²) >= 11 is 0. The van der Waals surface area contributed by atoms with E-state index in [2.05, 4.69) is 6.92 Å². The van der Waals surface area contributed by atoms with Crippen LogP contribution in [0.4, 0.5) is 0 Å². The lowest BCUT2D eigenvalue weighted by Gasteiger charge is -2.14. The molecule has 27 heavy (non-hydrogen) atoms. The van der Waals surface area contributed by atoms with Crippen LogP contribution in [0.15, 0.2) is 30.3 Å². The van der Waals surface area contributed by atoms with Crippen molar-refractivity contribution in [3.63, 3.8) is 0 Å². The fourth-order valence-corrected chi connectivity index (χ4v) is 4.63. The third kappa shape index (κ3) is 11.3. The Hall–Kier alpha value is -1.16. The van der Waals surface area contributed by atoms with Crippen molar-refractivity contribution in [3.8, 4) is 0 Å². The highest BCUT2D eigenvalue weighted by Crippen LogP contribution is 2.19. The second-order valence-electron chi connectivity index (χ2n) is 7.75. The molecule has 0 saturated heterocycles. The van der Waals surface area contributed by atoms with E-state index in [9.17, 15) is 13.2 Å². The Balaban J connectivity index is 2.22. The zero-order chi connectivity index (χ0) is 20.0. The van der Waals surface area contributed by atoms with E-state index in [-0.39, 0.29) is 11.0 Å². The number of hydrogen-bond acceptors (Lipinski definition) is 3. The maximum Gasteiger partial charge on any atom is 0.162 e. The Kier molecular flexibility index (Phi) is 12.3. The van der Waals surface area contributed by atoms with Gasteiger partial charge in [0.25, 0.3) is 0 Å². The van der Waals surface area contributed by atoms with E-state index >= 15 is 0 Å². The zero-order valence-electron chi connectivity index (χ0n) is 17.3. The molecule has 0 amide bonds. The SMILES string of the molecule is CCCCCCCCCCCCC(CCC(=O)c1ccccc1)S(C)(=O)=O. The van der Waals surface area contributed by atoms with E-state index in [1.165, 1.54) is 57.6 Å². The van der Waals surface area contributed by atoms with Crippen molar-refractivity contribution in [1.82, 2.24) is 0 Å². The summed E-state index contributed by atoms with van der Waals surface area (Å²) in [5.74, 6) is 0.0346. The maximum absolute atomic E-state index is 12.2. The molecule has 154 valence electrons. The summed E-state index contributed by atoms with van der Waals surface area (Å²) in [4.78, 5) is 12.2. The lowest BCUT2D eigenvalue weighted by atomic mass is 10.0. The molecule has 0 fully saturated rings. The minimum Gasteiger partial charge on any atom is -0.294 e. The van der Waals surface area contributed by atoms with Gasteiger partial charge in [-0.3, -0.25) is 4.79 Å². The van der Waals surface area contributed by atoms with Gasteiger partial charge in [-0.1, -0.05) is 101 Å². The molecule has 0 radical (unpaired) electrons. The van der Waals surface area contributed by atoms with Crippen molar-refractivity contribution in [2.24, 2.45) is 0 Å². The van der Waals surface area contributed by atoms with Crippen molar-refractivity contribution >= 4 is 15.6 Å². The summed E-state index contributed by atoms with van der Waals surface area (Å²) in [5.41, 5.74) is 0.670. The molecule has 0 N–H and O–H groups in total. The molecule has 1 aromatic rings. The summed E-state index contributed by atoms with van der Waals surface area (Å²) in [5, 5.41) is -0.390. The van der Waals surface area contributed by atoms with Gasteiger partial charge in [-0.25, -0.2) is 8.42 Å². The number of Topliss-reactive ketones (excluding diaryl/α,β-unsaturated/α-hetero) is 1. The highest BCUT2D eigenvalue weighted by molar-refractivity contribution is 7.91. The predicted octanol–water partition coefficient (Wildman–Crippen LogP) is 6.37. The molecule has 0 spiro atoms. The van der Waals surface area contributed by atoms with Gasteiger partial charge in [0, 0.05) is 18.2 Å². The predicted molar refractivity (Wildman–Crippen MR) is 115 cm³/mol. The summed E-state index contributed by atoms with van der Waals surface area (Å²) in [6, 6.07) is 9.14. The molecule has 1 rings (SSSR count). The van der Waals surface area contributed by atoms with Crippen molar-refractivity contribution in [1.29, 1.82) is 0 Å². The molecule has 1 aromatic carbocycles. The van der Waals surface area contributed by atoms with Crippen LogP contribution in [0.2, 0.25) is 0 Å². The van der Waals surface area contributed by atoms with Crippen LogP contribution in [0.5, 0.6) is 0 Å². The van der Waals surface area contributed by atoms with Gasteiger partial charge in [0.05, 0.1) is 5.25 Å². The molecule has 0 aromatic heterocycles. The zero-order valence-corrected chi connectivity index (χ0v) is 18.1. The van der Waals surface area contributed by atoms with Gasteiger partial charge < -0.3 is 0 Å². The third-order valence-corrected chi connectivity index (χ3v) is 6.96. The average molecular weight is 395 g/mol. The van der Waals surface area contributed by atoms with E-state index in [1.807, 2.05) is 18.2 Å². The summed E-state index contributed by atoms with van der Waals surface area (Å²) in [6.07, 6.45) is 15.2. The Morgan fingerprint density at radius 2 is 1.33 bits per heavy atom. The molecule has 0 saturated carbocycles. The number of benzene rings is 1. The van der Waals surface area contributed by atoms with E-state index in [0.29, 0.717) is 24.8 Å². The van der Waals surface area contributed by atoms with Gasteiger partial charge in [-0.15, -0.1) is 0 Å². The largest absolute Gasteiger partial charge is 0.294 e. The highest BCUT2D eigenvalue weighted by atomic mass is 32.2. The molecule has 1 unspecified atom stereocenters. The van der Waals surface area contributed by atoms with Crippen molar-refractivity contribution in [2.75, 3.05) is 6.26 Å². The molecule has 0 heterocycles. The van der Waals surface area contributed by atoms with Crippen LogP contribution in [0.3, 0.4) is 0 Å². The molecule has 4 heteroatoms. The first kappa shape index (κ1) is 23.9. The number of hydrogen-bond donors (Lipinski definition) is 0. The fourth-order valence-electron chi connectivity index (χ4n) is 3.49. The fraction of sp³-hybridized carbons (Fsp3) is 0.696. The van der Waals surface area contributed by atoms with Crippen LogP contribution in [0, 0.1) is 0 Å². The van der Waals surface area contributed by atoms with Crippen LogP contribution in [-0.4, -0.2) is 25.7 Å². The van der Waals surface area contributed by atoms with E-state index in [0.717, 1.165) is 12.8 Å². The van der Waals surface area contributed by atoms with Crippen LogP contribution < -0.4 is 0 Å². The quantitative estimate of drug-likeness (QED) is 0.242. The van der Waals surface area contributed by atoms with Crippen molar-refractivity contribution in [2.45, 2.75) is 95.6 Å². The van der Waals surface area contributed by atoms with Gasteiger partial charge in [0.15, 0.2) is 5.78 Å². The first-order valence-corrected chi connectivity index (χ1v) is 12.7. The Morgan fingerprint density at radius 1 is 0.815 bits per heavy atom. The van der Waals surface area contributed by atoms with Crippen molar-refractivity contribution < 1.29 is 13.2 Å². The topological polar surface area (TPSA) is 51.2 Å². The number of carbonyl (C=O) groups excluding carboxylic acids is 1. The molecular weight excluding hydrogens is 356 g/mol. The van der Waals surface area contributed by atoms with Gasteiger partial charge >= 0.3 is 0 Å². The lowest BCUT2D eigenvalue weighted by Crippen LogP contribution is -2.21. The standard InChI is InChI=1S/C23H38O3S/c1-3-4-5-6-7-8-9-10-11-15-18-22(27(2,25)26)19-20-23(24)21-16-13-12-14-17-21/h12-14,16-17,22H,3-11,15,18-20H2,1-2H3.